The smallest absolute Gasteiger partial charge is 0.145 e. The number of halogens is 1. The van der Waals surface area contributed by atoms with Crippen LogP contribution in [0.25, 0.3) is 10.9 Å². The highest BCUT2D eigenvalue weighted by Crippen LogP contribution is 2.36. The molecule has 0 saturated heterocycles. The average molecular weight is 276 g/mol. The van der Waals surface area contributed by atoms with Gasteiger partial charge in [0.2, 0.25) is 0 Å². The zero-order valence-corrected chi connectivity index (χ0v) is 11.8. The summed E-state index contributed by atoms with van der Waals surface area (Å²) >= 11 is 6.28. The lowest BCUT2D eigenvalue weighted by molar-refractivity contribution is 0.419. The molecular formula is C14H14ClN3O. The van der Waals surface area contributed by atoms with Crippen LogP contribution in [-0.2, 0) is 6.42 Å². The fraction of sp³-hybridized carbons (Fsp3) is 0.286. The van der Waals surface area contributed by atoms with E-state index in [0.717, 1.165) is 11.1 Å². The number of anilines is 1. The van der Waals surface area contributed by atoms with Crippen molar-refractivity contribution >= 4 is 28.2 Å². The van der Waals surface area contributed by atoms with E-state index in [1.165, 1.54) is 0 Å². The van der Waals surface area contributed by atoms with Crippen molar-refractivity contribution < 1.29 is 4.74 Å². The molecule has 0 unspecified atom stereocenters. The van der Waals surface area contributed by atoms with E-state index in [9.17, 15) is 0 Å². The fourth-order valence-corrected chi connectivity index (χ4v) is 2.25. The standard InChI is InChI=1S/C14H14ClN3O/c1-18(2)11-8-9(6-7-16)17-14-12(19-3)5-4-10(15)13(11)14/h4-5,8H,6H2,1-3H3. The fourth-order valence-electron chi connectivity index (χ4n) is 2.00. The van der Waals surface area contributed by atoms with Crippen molar-refractivity contribution in [2.75, 3.05) is 26.1 Å². The van der Waals surface area contributed by atoms with E-state index < -0.39 is 0 Å². The highest BCUT2D eigenvalue weighted by Gasteiger charge is 2.14. The van der Waals surface area contributed by atoms with Gasteiger partial charge in [-0.05, 0) is 18.2 Å². The molecule has 2 rings (SSSR count). The first kappa shape index (κ1) is 13.4. The third-order valence-corrected chi connectivity index (χ3v) is 3.18. The Morgan fingerprint density at radius 1 is 1.42 bits per heavy atom. The maximum absolute atomic E-state index is 8.84. The molecule has 0 saturated carbocycles. The monoisotopic (exact) mass is 275 g/mol. The molecular weight excluding hydrogens is 262 g/mol. The van der Waals surface area contributed by atoms with Gasteiger partial charge in [0, 0.05) is 25.2 Å². The van der Waals surface area contributed by atoms with E-state index in [2.05, 4.69) is 11.1 Å². The molecule has 98 valence electrons. The lowest BCUT2D eigenvalue weighted by Crippen LogP contribution is -2.11. The quantitative estimate of drug-likeness (QED) is 0.864. The number of aromatic nitrogens is 1. The average Bonchev–Trinajstić information content (AvgIpc) is 2.38. The Balaban J connectivity index is 2.86. The molecule has 19 heavy (non-hydrogen) atoms. The summed E-state index contributed by atoms with van der Waals surface area (Å²) in [4.78, 5) is 6.44. The van der Waals surface area contributed by atoms with Crippen LogP contribution < -0.4 is 9.64 Å². The summed E-state index contributed by atoms with van der Waals surface area (Å²) < 4.78 is 5.33. The van der Waals surface area contributed by atoms with Gasteiger partial charge in [-0.15, -0.1) is 0 Å². The van der Waals surface area contributed by atoms with Gasteiger partial charge in [0.25, 0.3) is 0 Å². The molecule has 0 N–H and O–H groups in total. The maximum atomic E-state index is 8.84. The summed E-state index contributed by atoms with van der Waals surface area (Å²) in [6, 6.07) is 7.58. The van der Waals surface area contributed by atoms with Crippen molar-refractivity contribution in [3.63, 3.8) is 0 Å². The molecule has 0 aliphatic carbocycles. The van der Waals surface area contributed by atoms with Crippen molar-refractivity contribution in [1.82, 2.24) is 4.98 Å². The van der Waals surface area contributed by atoms with E-state index in [1.54, 1.807) is 19.2 Å². The van der Waals surface area contributed by atoms with Crippen molar-refractivity contribution in [2.45, 2.75) is 6.42 Å². The Labute approximate surface area is 117 Å². The van der Waals surface area contributed by atoms with Crippen LogP contribution in [0, 0.1) is 11.3 Å². The van der Waals surface area contributed by atoms with Crippen LogP contribution in [0.1, 0.15) is 5.69 Å². The second-order valence-electron chi connectivity index (χ2n) is 4.34. The molecule has 0 fully saturated rings. The van der Waals surface area contributed by atoms with Crippen molar-refractivity contribution in [1.29, 1.82) is 5.26 Å². The summed E-state index contributed by atoms with van der Waals surface area (Å²) in [5, 5.41) is 10.3. The van der Waals surface area contributed by atoms with Gasteiger partial charge >= 0.3 is 0 Å². The predicted molar refractivity (Wildman–Crippen MR) is 76.9 cm³/mol. The van der Waals surface area contributed by atoms with Gasteiger partial charge in [-0.1, -0.05) is 11.6 Å². The van der Waals surface area contributed by atoms with E-state index in [4.69, 9.17) is 21.6 Å². The van der Waals surface area contributed by atoms with Crippen LogP contribution in [0.4, 0.5) is 5.69 Å². The molecule has 4 nitrogen and oxygen atoms in total. The Morgan fingerprint density at radius 3 is 2.74 bits per heavy atom. The zero-order chi connectivity index (χ0) is 14.0. The SMILES string of the molecule is COc1ccc(Cl)c2c(N(C)C)cc(CC#N)nc12. The van der Waals surface area contributed by atoms with Gasteiger partial charge in [-0.2, -0.15) is 5.26 Å². The number of methoxy groups -OCH3 is 1. The maximum Gasteiger partial charge on any atom is 0.145 e. The van der Waals surface area contributed by atoms with E-state index >= 15 is 0 Å². The summed E-state index contributed by atoms with van der Waals surface area (Å²) in [6.07, 6.45) is 0.256. The van der Waals surface area contributed by atoms with Gasteiger partial charge in [-0.3, -0.25) is 0 Å². The van der Waals surface area contributed by atoms with Crippen LogP contribution in [0.3, 0.4) is 0 Å². The molecule has 0 radical (unpaired) electrons. The first-order valence-corrected chi connectivity index (χ1v) is 6.16. The Bertz CT molecular complexity index is 662. The highest BCUT2D eigenvalue weighted by atomic mass is 35.5. The molecule has 0 aliphatic rings. The first-order chi connectivity index (χ1) is 9.08. The largest absolute Gasteiger partial charge is 0.494 e. The summed E-state index contributed by atoms with van der Waals surface area (Å²) in [7, 11) is 5.46. The third-order valence-electron chi connectivity index (χ3n) is 2.87. The van der Waals surface area contributed by atoms with Crippen LogP contribution >= 0.6 is 11.6 Å². The Kier molecular flexibility index (Phi) is 3.77. The number of hydrogen-bond donors (Lipinski definition) is 0. The van der Waals surface area contributed by atoms with Crippen molar-refractivity contribution in [3.05, 3.63) is 28.9 Å². The number of ether oxygens (including phenoxy) is 1. The van der Waals surface area contributed by atoms with E-state index in [0.29, 0.717) is 22.0 Å². The summed E-state index contributed by atoms with van der Waals surface area (Å²) in [5.74, 6) is 0.655. The second kappa shape index (κ2) is 5.33. The Hall–Kier alpha value is -1.99. The number of nitrogens with zero attached hydrogens (tertiary/aromatic N) is 3. The first-order valence-electron chi connectivity index (χ1n) is 5.79. The molecule has 0 bridgehead atoms. The number of hydrogen-bond acceptors (Lipinski definition) is 4. The molecule has 1 heterocycles. The van der Waals surface area contributed by atoms with E-state index in [1.807, 2.05) is 25.1 Å². The molecule has 0 atom stereocenters. The number of rotatable bonds is 3. The van der Waals surface area contributed by atoms with Gasteiger partial charge in [0.1, 0.15) is 11.3 Å². The number of nitriles is 1. The molecule has 2 aromatic rings. The lowest BCUT2D eigenvalue weighted by atomic mass is 10.1. The van der Waals surface area contributed by atoms with Gasteiger partial charge < -0.3 is 9.64 Å². The van der Waals surface area contributed by atoms with Crippen molar-refractivity contribution in [2.24, 2.45) is 0 Å². The predicted octanol–water partition coefficient (Wildman–Crippen LogP) is 3.03. The van der Waals surface area contributed by atoms with E-state index in [-0.39, 0.29) is 6.42 Å². The highest BCUT2D eigenvalue weighted by molar-refractivity contribution is 6.36. The molecule has 0 spiro atoms. The second-order valence-corrected chi connectivity index (χ2v) is 4.74. The van der Waals surface area contributed by atoms with Gasteiger partial charge in [0.05, 0.1) is 30.3 Å². The topological polar surface area (TPSA) is 49.1 Å². The molecule has 1 aromatic heterocycles. The van der Waals surface area contributed by atoms with Crippen LogP contribution in [-0.4, -0.2) is 26.2 Å². The third kappa shape index (κ3) is 2.42. The zero-order valence-electron chi connectivity index (χ0n) is 11.1. The normalized spacial score (nSPS) is 10.3. The minimum Gasteiger partial charge on any atom is -0.494 e. The number of pyridine rings is 1. The van der Waals surface area contributed by atoms with Gasteiger partial charge in [-0.25, -0.2) is 4.98 Å². The molecule has 0 aliphatic heterocycles. The molecule has 5 heteroatoms. The molecule has 1 aromatic carbocycles. The van der Waals surface area contributed by atoms with Crippen LogP contribution in [0.15, 0.2) is 18.2 Å². The minimum atomic E-state index is 0.256. The Morgan fingerprint density at radius 2 is 2.16 bits per heavy atom. The number of benzene rings is 1. The lowest BCUT2D eigenvalue weighted by Gasteiger charge is -2.18. The summed E-state index contributed by atoms with van der Waals surface area (Å²) in [5.41, 5.74) is 2.32. The van der Waals surface area contributed by atoms with Crippen molar-refractivity contribution in [3.8, 4) is 11.8 Å². The minimum absolute atomic E-state index is 0.256. The molecule has 0 amide bonds. The summed E-state index contributed by atoms with van der Waals surface area (Å²) in [6.45, 7) is 0. The number of fused-ring (bicyclic) bond motifs is 1. The van der Waals surface area contributed by atoms with Gasteiger partial charge in [0.15, 0.2) is 0 Å². The van der Waals surface area contributed by atoms with Crippen LogP contribution in [0.5, 0.6) is 5.75 Å². The van der Waals surface area contributed by atoms with Crippen LogP contribution in [0.2, 0.25) is 5.02 Å².